The van der Waals surface area contributed by atoms with E-state index in [9.17, 15) is 61.0 Å². The van der Waals surface area contributed by atoms with E-state index in [2.05, 4.69) is 0 Å². The van der Waals surface area contributed by atoms with Gasteiger partial charge in [0.1, 0.15) is 73.2 Å². The van der Waals surface area contributed by atoms with Crippen molar-refractivity contribution in [2.24, 2.45) is 0 Å². The maximum absolute atomic E-state index is 10.5. The molecule has 16 nitrogen and oxygen atoms in total. The zero-order valence-corrected chi connectivity index (χ0v) is 17.7. The molecule has 0 aromatic rings. The van der Waals surface area contributed by atoms with Crippen LogP contribution >= 0.6 is 0 Å². The first-order valence-electron chi connectivity index (χ1n) is 10.4. The van der Waals surface area contributed by atoms with Crippen LogP contribution in [0.3, 0.4) is 0 Å². The Labute approximate surface area is 192 Å². The molecule has 14 atom stereocenters. The van der Waals surface area contributed by atoms with Crippen LogP contribution in [-0.4, -0.2) is 168 Å². The Hall–Kier alpha value is -0.930. The first-order chi connectivity index (χ1) is 15.9. The van der Waals surface area contributed by atoms with E-state index in [1.165, 1.54) is 0 Å². The topological polar surface area (TPSA) is 277 Å². The summed E-state index contributed by atoms with van der Waals surface area (Å²) in [6.45, 7) is -2.13. The van der Waals surface area contributed by atoms with Crippen molar-refractivity contribution in [3.63, 3.8) is 0 Å². The van der Waals surface area contributed by atoms with E-state index in [0.29, 0.717) is 0 Å². The Bertz CT molecular complexity index is 623. The highest BCUT2D eigenvalue weighted by atomic mass is 16.7. The Morgan fingerprint density at radius 1 is 0.706 bits per heavy atom. The standard InChI is InChI=1S/C18H32O16/c19-1-5(21)9(23)10(24)6(22)3-31-17-16(30)14(28)12(26)8(34-17)4-32-18-15(29)13(27)11(25)7(2-20)33-18/h1,5-18,20-30H,2-4H2/t5-,6+,7+,8+,9+,10+,11+,12+,13-,14-,15+,16+,17+,18?/m0/s1. The van der Waals surface area contributed by atoms with Gasteiger partial charge in [0, 0.05) is 0 Å². The Morgan fingerprint density at radius 2 is 1.21 bits per heavy atom. The molecule has 0 aromatic carbocycles. The number of rotatable bonds is 11. The monoisotopic (exact) mass is 504 g/mol. The van der Waals surface area contributed by atoms with Crippen molar-refractivity contribution < 1.29 is 79.9 Å². The molecule has 200 valence electrons. The van der Waals surface area contributed by atoms with Gasteiger partial charge >= 0.3 is 0 Å². The van der Waals surface area contributed by atoms with E-state index in [0.717, 1.165) is 0 Å². The molecule has 34 heavy (non-hydrogen) atoms. The van der Waals surface area contributed by atoms with Gasteiger partial charge in [-0.3, -0.25) is 0 Å². The van der Waals surface area contributed by atoms with Crippen LogP contribution in [0.5, 0.6) is 0 Å². The summed E-state index contributed by atoms with van der Waals surface area (Å²) < 4.78 is 20.8. The molecule has 2 rings (SSSR count). The van der Waals surface area contributed by atoms with Gasteiger partial charge in [-0.25, -0.2) is 0 Å². The van der Waals surface area contributed by atoms with Crippen molar-refractivity contribution >= 4 is 6.29 Å². The van der Waals surface area contributed by atoms with Crippen molar-refractivity contribution in [2.75, 3.05) is 19.8 Å². The zero-order valence-electron chi connectivity index (χ0n) is 17.7. The highest BCUT2D eigenvalue weighted by molar-refractivity contribution is 5.56. The van der Waals surface area contributed by atoms with E-state index in [1.807, 2.05) is 0 Å². The van der Waals surface area contributed by atoms with Crippen molar-refractivity contribution in [2.45, 2.75) is 85.8 Å². The minimum absolute atomic E-state index is 0.0623. The van der Waals surface area contributed by atoms with E-state index in [-0.39, 0.29) is 6.29 Å². The third kappa shape index (κ3) is 6.64. The second-order valence-corrected chi connectivity index (χ2v) is 8.05. The molecular formula is C18H32O16. The first kappa shape index (κ1) is 29.3. The second kappa shape index (κ2) is 12.9. The van der Waals surface area contributed by atoms with Gasteiger partial charge in [0.25, 0.3) is 0 Å². The largest absolute Gasteiger partial charge is 0.394 e. The quantitative estimate of drug-likeness (QED) is 0.117. The van der Waals surface area contributed by atoms with Crippen LogP contribution in [0, 0.1) is 0 Å². The summed E-state index contributed by atoms with van der Waals surface area (Å²) >= 11 is 0. The summed E-state index contributed by atoms with van der Waals surface area (Å²) in [5, 5.41) is 107. The normalized spacial score (nSPS) is 42.6. The molecule has 0 bridgehead atoms. The number of carbonyl (C=O) groups is 1. The van der Waals surface area contributed by atoms with Crippen molar-refractivity contribution in [3.05, 3.63) is 0 Å². The maximum Gasteiger partial charge on any atom is 0.186 e. The highest BCUT2D eigenvalue weighted by Crippen LogP contribution is 2.26. The summed E-state index contributed by atoms with van der Waals surface area (Å²) in [6.07, 6.45) is -24.4. The minimum Gasteiger partial charge on any atom is -0.394 e. The van der Waals surface area contributed by atoms with Crippen LogP contribution in [0.25, 0.3) is 0 Å². The van der Waals surface area contributed by atoms with Crippen molar-refractivity contribution in [1.82, 2.24) is 0 Å². The van der Waals surface area contributed by atoms with Gasteiger partial charge < -0.3 is 79.9 Å². The molecule has 0 radical (unpaired) electrons. The molecule has 16 heteroatoms. The lowest BCUT2D eigenvalue weighted by molar-refractivity contribution is -0.333. The van der Waals surface area contributed by atoms with E-state index in [1.54, 1.807) is 0 Å². The molecule has 2 aliphatic rings. The predicted molar refractivity (Wildman–Crippen MR) is 102 cm³/mol. The Balaban J connectivity index is 1.96. The smallest absolute Gasteiger partial charge is 0.186 e. The molecule has 2 heterocycles. The van der Waals surface area contributed by atoms with E-state index < -0.39 is 106 Å². The third-order valence-corrected chi connectivity index (χ3v) is 5.61. The van der Waals surface area contributed by atoms with Crippen LogP contribution < -0.4 is 0 Å². The van der Waals surface area contributed by atoms with Crippen LogP contribution in [-0.2, 0) is 23.7 Å². The molecule has 2 fully saturated rings. The van der Waals surface area contributed by atoms with Crippen molar-refractivity contribution in [1.29, 1.82) is 0 Å². The van der Waals surface area contributed by atoms with Gasteiger partial charge in [-0.05, 0) is 0 Å². The van der Waals surface area contributed by atoms with Gasteiger partial charge in [0.05, 0.1) is 19.8 Å². The minimum atomic E-state index is -2.04. The van der Waals surface area contributed by atoms with Crippen LogP contribution in [0.2, 0.25) is 0 Å². The van der Waals surface area contributed by atoms with Gasteiger partial charge in [0.2, 0.25) is 0 Å². The average Bonchev–Trinajstić information content (AvgIpc) is 2.84. The molecule has 11 N–H and O–H groups in total. The zero-order chi connectivity index (χ0) is 25.7. The number of carbonyl (C=O) groups excluding carboxylic acids is 1. The number of aliphatic hydroxyl groups excluding tert-OH is 11. The molecule has 0 aromatic heterocycles. The number of hydrogen-bond acceptors (Lipinski definition) is 16. The molecule has 0 saturated carbocycles. The lowest BCUT2D eigenvalue weighted by Gasteiger charge is -2.42. The van der Waals surface area contributed by atoms with Crippen LogP contribution in [0.1, 0.15) is 0 Å². The highest BCUT2D eigenvalue weighted by Gasteiger charge is 2.47. The first-order valence-corrected chi connectivity index (χ1v) is 10.4. The van der Waals surface area contributed by atoms with Crippen LogP contribution in [0.15, 0.2) is 0 Å². The van der Waals surface area contributed by atoms with Crippen molar-refractivity contribution in [3.8, 4) is 0 Å². The van der Waals surface area contributed by atoms with Gasteiger partial charge in [0.15, 0.2) is 18.9 Å². The molecule has 1 unspecified atom stereocenters. The molecule has 0 amide bonds. The second-order valence-electron chi connectivity index (χ2n) is 8.05. The SMILES string of the molecule is O=C[C@H](O)[C@@H](O)[C@H](O)[C@H](O)CO[C@@H]1O[C@H](COC2O[C@H](CO)[C@@H](O)[C@H](O)[C@H]2O)[C@@H](O)[C@H](O)[C@H]1O. The fourth-order valence-electron chi connectivity index (χ4n) is 3.39. The molecular weight excluding hydrogens is 472 g/mol. The Morgan fingerprint density at radius 3 is 1.74 bits per heavy atom. The summed E-state index contributed by atoms with van der Waals surface area (Å²) in [6, 6.07) is 0. The number of aldehydes is 1. The molecule has 0 spiro atoms. The lowest BCUT2D eigenvalue weighted by Crippen LogP contribution is -2.62. The molecule has 0 aliphatic carbocycles. The summed E-state index contributed by atoms with van der Waals surface area (Å²) in [4.78, 5) is 10.5. The average molecular weight is 504 g/mol. The summed E-state index contributed by atoms with van der Waals surface area (Å²) in [5.41, 5.74) is 0. The number of hydrogen-bond donors (Lipinski definition) is 11. The number of aliphatic hydroxyl groups is 11. The molecule has 2 aliphatic heterocycles. The third-order valence-electron chi connectivity index (χ3n) is 5.61. The van der Waals surface area contributed by atoms with Gasteiger partial charge in [-0.2, -0.15) is 0 Å². The van der Waals surface area contributed by atoms with Gasteiger partial charge in [-0.1, -0.05) is 0 Å². The molecule has 2 saturated heterocycles. The fraction of sp³-hybridized carbons (Fsp3) is 0.944. The number of ether oxygens (including phenoxy) is 4. The predicted octanol–water partition coefficient (Wildman–Crippen LogP) is -7.73. The lowest BCUT2D eigenvalue weighted by atomic mass is 9.98. The summed E-state index contributed by atoms with van der Waals surface area (Å²) in [5.74, 6) is 0. The van der Waals surface area contributed by atoms with E-state index in [4.69, 9.17) is 18.9 Å². The van der Waals surface area contributed by atoms with Gasteiger partial charge in [-0.15, -0.1) is 0 Å². The fourth-order valence-corrected chi connectivity index (χ4v) is 3.39. The van der Waals surface area contributed by atoms with Crippen LogP contribution in [0.4, 0.5) is 0 Å². The maximum atomic E-state index is 10.5. The Kier molecular flexibility index (Phi) is 11.1. The summed E-state index contributed by atoms with van der Waals surface area (Å²) in [7, 11) is 0. The van der Waals surface area contributed by atoms with E-state index >= 15 is 0 Å².